The maximum absolute atomic E-state index is 9.28. The number of nitrogens with one attached hydrogen (secondary N) is 3. The lowest BCUT2D eigenvalue weighted by Gasteiger charge is -2.14. The van der Waals surface area contributed by atoms with E-state index in [1.165, 1.54) is 10.7 Å². The number of fused-ring (bicyclic) bond motifs is 1. The van der Waals surface area contributed by atoms with Gasteiger partial charge < -0.3 is 21.1 Å². The lowest BCUT2D eigenvalue weighted by Crippen LogP contribution is -2.10. The highest BCUT2D eigenvalue weighted by Gasteiger charge is 2.15. The third kappa shape index (κ3) is 3.74. The van der Waals surface area contributed by atoms with Crippen LogP contribution in [0.15, 0.2) is 18.3 Å². The van der Waals surface area contributed by atoms with E-state index in [4.69, 9.17) is 16.7 Å². The third-order valence-corrected chi connectivity index (χ3v) is 4.10. The van der Waals surface area contributed by atoms with E-state index in [0.29, 0.717) is 40.0 Å². The number of nitriles is 2. The summed E-state index contributed by atoms with van der Waals surface area (Å²) in [5.74, 6) is 0.621. The zero-order valence-electron chi connectivity index (χ0n) is 14.9. The second kappa shape index (κ2) is 8.39. The molecule has 0 atom stereocenters. The van der Waals surface area contributed by atoms with E-state index < -0.39 is 0 Å². The molecule has 0 amide bonds. The Morgan fingerprint density at radius 1 is 1.21 bits per heavy atom. The molecule has 0 aliphatic rings. The smallest absolute Gasteiger partial charge is 0.247 e. The first-order valence-electron chi connectivity index (χ1n) is 8.36. The van der Waals surface area contributed by atoms with Crippen molar-refractivity contribution in [2.75, 3.05) is 35.6 Å². The summed E-state index contributed by atoms with van der Waals surface area (Å²) >= 11 is 6.42. The minimum Gasteiger partial charge on any atom is -0.395 e. The maximum atomic E-state index is 9.28. The van der Waals surface area contributed by atoms with Crippen molar-refractivity contribution >= 4 is 40.4 Å². The van der Waals surface area contributed by atoms with Crippen LogP contribution in [0.4, 0.5) is 23.1 Å². The van der Waals surface area contributed by atoms with Gasteiger partial charge in [0.05, 0.1) is 40.8 Å². The molecule has 11 heteroatoms. The van der Waals surface area contributed by atoms with Crippen LogP contribution in [0, 0.1) is 22.7 Å². The van der Waals surface area contributed by atoms with Gasteiger partial charge in [-0.05, 0) is 19.1 Å². The average Bonchev–Trinajstić information content (AvgIpc) is 3.12. The molecular weight excluding hydrogens is 382 g/mol. The quantitative estimate of drug-likeness (QED) is 0.470. The number of anilines is 4. The highest BCUT2D eigenvalue weighted by atomic mass is 35.5. The number of aliphatic hydroxyl groups excluding tert-OH is 1. The average molecular weight is 398 g/mol. The number of aromatic nitrogens is 4. The minimum absolute atomic E-state index is 0.0841. The second-order valence-electron chi connectivity index (χ2n) is 5.58. The van der Waals surface area contributed by atoms with Crippen molar-refractivity contribution in [3.63, 3.8) is 0 Å². The molecule has 0 radical (unpaired) electrons. The number of aliphatic hydroxyl groups is 1. The van der Waals surface area contributed by atoms with Crippen molar-refractivity contribution in [3.8, 4) is 12.1 Å². The number of benzene rings is 1. The summed E-state index contributed by atoms with van der Waals surface area (Å²) in [7, 11) is 0. The van der Waals surface area contributed by atoms with E-state index in [1.54, 1.807) is 12.1 Å². The van der Waals surface area contributed by atoms with Gasteiger partial charge in [0.25, 0.3) is 0 Å². The Morgan fingerprint density at radius 3 is 2.68 bits per heavy atom. The standard InChI is InChI=1S/C17H16ClN9O/c1-2-21-15-16-23-9-11(8-20)27(16)26-17(25-15)24-13-6-10(7-19)5-12(14(13)18)22-3-4-28/h5-6,9,22,28H,2-4H2,1H3,(H2,21,24,25,26). The summed E-state index contributed by atoms with van der Waals surface area (Å²) in [4.78, 5) is 8.57. The van der Waals surface area contributed by atoms with Gasteiger partial charge in [-0.2, -0.15) is 20.0 Å². The Labute approximate surface area is 165 Å². The first kappa shape index (κ1) is 19.2. The van der Waals surface area contributed by atoms with Crippen molar-refractivity contribution < 1.29 is 5.11 Å². The van der Waals surface area contributed by atoms with Crippen LogP contribution in [0.25, 0.3) is 5.65 Å². The number of halogens is 1. The van der Waals surface area contributed by atoms with Crippen LogP contribution in [-0.2, 0) is 0 Å². The van der Waals surface area contributed by atoms with E-state index in [-0.39, 0.29) is 24.8 Å². The van der Waals surface area contributed by atoms with Crippen molar-refractivity contribution in [1.82, 2.24) is 19.6 Å². The first-order valence-corrected chi connectivity index (χ1v) is 8.74. The summed E-state index contributed by atoms with van der Waals surface area (Å²) < 4.78 is 1.38. The van der Waals surface area contributed by atoms with Gasteiger partial charge in [-0.15, -0.1) is 5.10 Å². The molecule has 142 valence electrons. The molecule has 3 rings (SSSR count). The van der Waals surface area contributed by atoms with Crippen LogP contribution in [0.1, 0.15) is 18.2 Å². The first-order chi connectivity index (χ1) is 13.6. The molecule has 0 spiro atoms. The van der Waals surface area contributed by atoms with E-state index >= 15 is 0 Å². The normalized spacial score (nSPS) is 10.3. The van der Waals surface area contributed by atoms with Crippen LogP contribution in [-0.4, -0.2) is 44.4 Å². The summed E-state index contributed by atoms with van der Waals surface area (Å²) in [6.07, 6.45) is 1.41. The largest absolute Gasteiger partial charge is 0.395 e. The zero-order valence-corrected chi connectivity index (χ0v) is 15.6. The van der Waals surface area contributed by atoms with E-state index in [1.807, 2.05) is 13.0 Å². The minimum atomic E-state index is -0.0841. The molecule has 0 aliphatic carbocycles. The Hall–Kier alpha value is -3.60. The van der Waals surface area contributed by atoms with E-state index in [9.17, 15) is 10.5 Å². The van der Waals surface area contributed by atoms with Crippen molar-refractivity contribution in [1.29, 1.82) is 10.5 Å². The number of imidazole rings is 1. The molecule has 0 saturated carbocycles. The monoisotopic (exact) mass is 397 g/mol. The van der Waals surface area contributed by atoms with Crippen LogP contribution in [0.2, 0.25) is 5.02 Å². The van der Waals surface area contributed by atoms with E-state index in [2.05, 4.69) is 37.1 Å². The molecule has 28 heavy (non-hydrogen) atoms. The fraction of sp³-hybridized carbons (Fsp3) is 0.235. The van der Waals surface area contributed by atoms with Crippen LogP contribution >= 0.6 is 11.6 Å². The SMILES string of the molecule is CCNc1nc(Nc2cc(C#N)cc(NCCO)c2Cl)nn2c(C#N)cnc12. The summed E-state index contributed by atoms with van der Waals surface area (Å²) in [6, 6.07) is 7.23. The lowest BCUT2D eigenvalue weighted by atomic mass is 10.2. The molecule has 10 nitrogen and oxygen atoms in total. The molecule has 0 saturated heterocycles. The number of rotatable bonds is 7. The fourth-order valence-electron chi connectivity index (χ4n) is 2.52. The molecule has 2 heterocycles. The number of nitrogens with zero attached hydrogens (tertiary/aromatic N) is 6. The third-order valence-electron chi connectivity index (χ3n) is 3.70. The summed E-state index contributed by atoms with van der Waals surface area (Å²) in [5, 5.41) is 41.2. The predicted molar refractivity (Wildman–Crippen MR) is 105 cm³/mol. The maximum Gasteiger partial charge on any atom is 0.247 e. The fourth-order valence-corrected chi connectivity index (χ4v) is 2.74. The Kier molecular flexibility index (Phi) is 5.75. The van der Waals surface area contributed by atoms with Gasteiger partial charge in [0, 0.05) is 13.1 Å². The van der Waals surface area contributed by atoms with Crippen molar-refractivity contribution in [2.45, 2.75) is 6.92 Å². The van der Waals surface area contributed by atoms with Gasteiger partial charge in [0.15, 0.2) is 17.2 Å². The van der Waals surface area contributed by atoms with Gasteiger partial charge in [0.2, 0.25) is 5.95 Å². The van der Waals surface area contributed by atoms with Gasteiger partial charge in [-0.1, -0.05) is 11.6 Å². The predicted octanol–water partition coefficient (Wildman–Crippen LogP) is 2.10. The van der Waals surface area contributed by atoms with Gasteiger partial charge in [0.1, 0.15) is 6.07 Å². The Morgan fingerprint density at radius 2 is 2.00 bits per heavy atom. The molecule has 4 N–H and O–H groups in total. The zero-order chi connectivity index (χ0) is 20.1. The second-order valence-corrected chi connectivity index (χ2v) is 5.96. The molecule has 0 bridgehead atoms. The Bertz CT molecular complexity index is 1100. The molecule has 1 aromatic carbocycles. The summed E-state index contributed by atoms with van der Waals surface area (Å²) in [5.41, 5.74) is 1.93. The molecule has 2 aromatic heterocycles. The van der Waals surface area contributed by atoms with Gasteiger partial charge in [-0.25, -0.2) is 4.98 Å². The summed E-state index contributed by atoms with van der Waals surface area (Å²) in [6.45, 7) is 2.70. The van der Waals surface area contributed by atoms with Crippen LogP contribution in [0.3, 0.4) is 0 Å². The molecule has 3 aromatic rings. The highest BCUT2D eigenvalue weighted by molar-refractivity contribution is 6.36. The van der Waals surface area contributed by atoms with Crippen LogP contribution in [0.5, 0.6) is 0 Å². The highest BCUT2D eigenvalue weighted by Crippen LogP contribution is 2.33. The van der Waals surface area contributed by atoms with Gasteiger partial charge in [-0.3, -0.25) is 0 Å². The lowest BCUT2D eigenvalue weighted by molar-refractivity contribution is 0.311. The molecular formula is C17H16ClN9O. The molecule has 0 unspecified atom stereocenters. The van der Waals surface area contributed by atoms with Crippen molar-refractivity contribution in [3.05, 3.63) is 34.6 Å². The molecule has 0 aliphatic heterocycles. The topological polar surface area (TPSA) is 147 Å². The molecule has 0 fully saturated rings. The number of hydrogen-bond donors (Lipinski definition) is 4. The van der Waals surface area contributed by atoms with Crippen LogP contribution < -0.4 is 16.0 Å². The Balaban J connectivity index is 2.07. The van der Waals surface area contributed by atoms with Gasteiger partial charge >= 0.3 is 0 Å². The van der Waals surface area contributed by atoms with Crippen molar-refractivity contribution in [2.24, 2.45) is 0 Å². The van der Waals surface area contributed by atoms with E-state index in [0.717, 1.165) is 0 Å². The number of hydrogen-bond acceptors (Lipinski definition) is 9.